The summed E-state index contributed by atoms with van der Waals surface area (Å²) in [5, 5.41) is 11.1. The highest BCUT2D eigenvalue weighted by Crippen LogP contribution is 2.42. The first-order valence-corrected chi connectivity index (χ1v) is 11.3. The van der Waals surface area contributed by atoms with Gasteiger partial charge in [0.1, 0.15) is 11.6 Å². The summed E-state index contributed by atoms with van der Waals surface area (Å²) in [6.45, 7) is 3.56. The largest absolute Gasteiger partial charge is 0.507 e. The molecular formula is C26H31FN2O5. The highest BCUT2D eigenvalue weighted by molar-refractivity contribution is 6.46. The van der Waals surface area contributed by atoms with Crippen LogP contribution in [0.15, 0.2) is 48.0 Å². The van der Waals surface area contributed by atoms with Crippen LogP contribution in [0.2, 0.25) is 0 Å². The maximum Gasteiger partial charge on any atom is 0.295 e. The molecule has 0 saturated carbocycles. The number of likely N-dealkylation sites (tertiary alicyclic amines) is 1. The molecule has 0 unspecified atom stereocenters. The number of hydrogen-bond acceptors (Lipinski definition) is 6. The maximum absolute atomic E-state index is 13.4. The van der Waals surface area contributed by atoms with Crippen LogP contribution in [0.3, 0.4) is 0 Å². The second kappa shape index (κ2) is 11.2. The minimum atomic E-state index is -0.818. The van der Waals surface area contributed by atoms with Gasteiger partial charge in [0.25, 0.3) is 11.7 Å². The second-order valence-electron chi connectivity index (χ2n) is 8.41. The van der Waals surface area contributed by atoms with Crippen molar-refractivity contribution in [2.24, 2.45) is 0 Å². The number of carbonyl (C=O) groups is 2. The summed E-state index contributed by atoms with van der Waals surface area (Å²) in [5.74, 6) is -1.25. The summed E-state index contributed by atoms with van der Waals surface area (Å²) in [6, 6.07) is 9.55. The van der Waals surface area contributed by atoms with E-state index < -0.39 is 23.5 Å². The Kier molecular flexibility index (Phi) is 8.28. The third kappa shape index (κ3) is 5.39. The smallest absolute Gasteiger partial charge is 0.295 e. The number of halogens is 1. The molecule has 8 heteroatoms. The summed E-state index contributed by atoms with van der Waals surface area (Å²) in [4.78, 5) is 29.6. The molecule has 1 N–H and O–H groups in total. The van der Waals surface area contributed by atoms with E-state index in [1.807, 2.05) is 25.9 Å². The van der Waals surface area contributed by atoms with Crippen molar-refractivity contribution in [2.75, 3.05) is 40.9 Å². The number of hydrogen-bond donors (Lipinski definition) is 1. The molecular weight excluding hydrogens is 439 g/mol. The van der Waals surface area contributed by atoms with Gasteiger partial charge in [0.15, 0.2) is 11.5 Å². The van der Waals surface area contributed by atoms with Crippen molar-refractivity contribution >= 4 is 17.4 Å². The zero-order valence-electron chi connectivity index (χ0n) is 20.0. The molecule has 1 aliphatic heterocycles. The van der Waals surface area contributed by atoms with Gasteiger partial charge in [0, 0.05) is 12.1 Å². The molecule has 1 fully saturated rings. The molecule has 1 heterocycles. The molecule has 0 radical (unpaired) electrons. The van der Waals surface area contributed by atoms with E-state index in [2.05, 4.69) is 0 Å². The molecule has 2 aromatic carbocycles. The first kappa shape index (κ1) is 25.2. The van der Waals surface area contributed by atoms with Crippen molar-refractivity contribution < 1.29 is 28.6 Å². The number of Topliss-reactive ketones (excluding diaryl/α,β-unsaturated/α-hetero) is 1. The number of carbonyl (C=O) groups excluding carboxylic acids is 2. The van der Waals surface area contributed by atoms with Crippen molar-refractivity contribution in [1.82, 2.24) is 9.80 Å². The van der Waals surface area contributed by atoms with Crippen LogP contribution in [-0.4, -0.2) is 67.5 Å². The van der Waals surface area contributed by atoms with Crippen molar-refractivity contribution in [3.8, 4) is 11.5 Å². The first-order chi connectivity index (χ1) is 16.3. The van der Waals surface area contributed by atoms with Crippen LogP contribution in [-0.2, 0) is 9.59 Å². The van der Waals surface area contributed by atoms with Gasteiger partial charge >= 0.3 is 0 Å². The lowest BCUT2D eigenvalue weighted by Crippen LogP contribution is -2.32. The monoisotopic (exact) mass is 470 g/mol. The normalized spacial score (nSPS) is 17.5. The topological polar surface area (TPSA) is 79.3 Å². The Balaban J connectivity index is 2.10. The van der Waals surface area contributed by atoms with E-state index in [1.165, 1.54) is 36.3 Å². The maximum atomic E-state index is 13.4. The van der Waals surface area contributed by atoms with Crippen molar-refractivity contribution in [3.63, 3.8) is 0 Å². The molecule has 1 saturated heterocycles. The van der Waals surface area contributed by atoms with Crippen molar-refractivity contribution in [3.05, 3.63) is 65.0 Å². The fourth-order valence-corrected chi connectivity index (χ4v) is 3.96. The van der Waals surface area contributed by atoms with Crippen LogP contribution in [0.4, 0.5) is 4.39 Å². The molecule has 7 nitrogen and oxygen atoms in total. The van der Waals surface area contributed by atoms with Crippen LogP contribution in [0.1, 0.15) is 36.9 Å². The zero-order valence-corrected chi connectivity index (χ0v) is 20.0. The standard InChI is InChI=1S/C26H31FN2O5/c1-5-15-34-20-12-9-18(16-21(20)33-4)23-22(24(30)17-7-10-19(27)11-8-17)25(31)26(32)29(23)14-6-13-28(2)3/h7-12,16,23,30H,5-6,13-15H2,1-4H3/t23-/m1/s1. The predicted octanol–water partition coefficient (Wildman–Crippen LogP) is 4.00. The van der Waals surface area contributed by atoms with Crippen molar-refractivity contribution in [2.45, 2.75) is 25.8 Å². The molecule has 0 bridgehead atoms. The van der Waals surface area contributed by atoms with Gasteiger partial charge in [-0.15, -0.1) is 0 Å². The van der Waals surface area contributed by atoms with Gasteiger partial charge in [-0.3, -0.25) is 9.59 Å². The van der Waals surface area contributed by atoms with E-state index in [0.717, 1.165) is 13.0 Å². The number of aliphatic hydroxyl groups is 1. The number of amides is 1. The van der Waals surface area contributed by atoms with Gasteiger partial charge in [-0.05, 0) is 75.4 Å². The molecule has 1 amide bonds. The fourth-order valence-electron chi connectivity index (χ4n) is 3.96. The van der Waals surface area contributed by atoms with E-state index in [1.54, 1.807) is 18.2 Å². The van der Waals surface area contributed by atoms with E-state index in [9.17, 15) is 19.1 Å². The van der Waals surface area contributed by atoms with Gasteiger partial charge < -0.3 is 24.4 Å². The minimum absolute atomic E-state index is 0.0364. The van der Waals surface area contributed by atoms with Crippen molar-refractivity contribution in [1.29, 1.82) is 0 Å². The number of ketones is 1. The number of aliphatic hydroxyl groups excluding tert-OH is 1. The van der Waals surface area contributed by atoms with E-state index in [0.29, 0.717) is 36.6 Å². The van der Waals surface area contributed by atoms with Crippen LogP contribution >= 0.6 is 0 Å². The summed E-state index contributed by atoms with van der Waals surface area (Å²) >= 11 is 0. The average Bonchev–Trinajstić information content (AvgIpc) is 3.07. The van der Waals surface area contributed by atoms with E-state index in [-0.39, 0.29) is 16.9 Å². The van der Waals surface area contributed by atoms with Crippen LogP contribution < -0.4 is 9.47 Å². The summed E-state index contributed by atoms with van der Waals surface area (Å²) < 4.78 is 24.7. The van der Waals surface area contributed by atoms with Gasteiger partial charge in [0.2, 0.25) is 0 Å². The molecule has 0 aromatic heterocycles. The summed E-state index contributed by atoms with van der Waals surface area (Å²) in [5.41, 5.74) is 0.826. The Morgan fingerprint density at radius 3 is 2.44 bits per heavy atom. The van der Waals surface area contributed by atoms with Crippen LogP contribution in [0, 0.1) is 5.82 Å². The molecule has 1 atom stereocenters. The van der Waals surface area contributed by atoms with E-state index in [4.69, 9.17) is 9.47 Å². The predicted molar refractivity (Wildman–Crippen MR) is 127 cm³/mol. The van der Waals surface area contributed by atoms with Gasteiger partial charge in [0.05, 0.1) is 25.3 Å². The molecule has 34 heavy (non-hydrogen) atoms. The average molecular weight is 471 g/mol. The van der Waals surface area contributed by atoms with Crippen LogP contribution in [0.5, 0.6) is 11.5 Å². The van der Waals surface area contributed by atoms with E-state index >= 15 is 0 Å². The number of nitrogens with zero attached hydrogens (tertiary/aromatic N) is 2. The Hall–Kier alpha value is -3.39. The summed E-state index contributed by atoms with van der Waals surface area (Å²) in [7, 11) is 5.38. The Morgan fingerprint density at radius 1 is 1.12 bits per heavy atom. The lowest BCUT2D eigenvalue weighted by Gasteiger charge is -2.26. The lowest BCUT2D eigenvalue weighted by molar-refractivity contribution is -0.139. The molecule has 0 aliphatic carbocycles. The fraction of sp³-hybridized carbons (Fsp3) is 0.385. The summed E-state index contributed by atoms with van der Waals surface area (Å²) in [6.07, 6.45) is 1.47. The molecule has 0 spiro atoms. The Morgan fingerprint density at radius 2 is 1.82 bits per heavy atom. The minimum Gasteiger partial charge on any atom is -0.507 e. The Bertz CT molecular complexity index is 1070. The molecule has 1 aliphatic rings. The van der Waals surface area contributed by atoms with Gasteiger partial charge in [-0.25, -0.2) is 4.39 Å². The third-order valence-corrected chi connectivity index (χ3v) is 5.63. The zero-order chi connectivity index (χ0) is 24.8. The number of benzene rings is 2. The lowest BCUT2D eigenvalue weighted by atomic mass is 9.95. The first-order valence-electron chi connectivity index (χ1n) is 11.3. The van der Waals surface area contributed by atoms with Crippen LogP contribution in [0.25, 0.3) is 5.76 Å². The number of rotatable bonds is 10. The quantitative estimate of drug-likeness (QED) is 0.321. The SMILES string of the molecule is CCCOc1ccc([C@@H]2C(=C(O)c3ccc(F)cc3)C(=O)C(=O)N2CCCN(C)C)cc1OC. The molecule has 182 valence electrons. The third-order valence-electron chi connectivity index (χ3n) is 5.63. The Labute approximate surface area is 199 Å². The molecule has 3 rings (SSSR count). The highest BCUT2D eigenvalue weighted by atomic mass is 19.1. The number of ether oxygens (including phenoxy) is 2. The van der Waals surface area contributed by atoms with Gasteiger partial charge in [-0.2, -0.15) is 0 Å². The second-order valence-corrected chi connectivity index (χ2v) is 8.41. The number of methoxy groups -OCH3 is 1. The molecule has 2 aromatic rings. The highest BCUT2D eigenvalue weighted by Gasteiger charge is 2.46. The van der Waals surface area contributed by atoms with Gasteiger partial charge in [-0.1, -0.05) is 13.0 Å².